The molecule has 0 aromatic heterocycles. The summed E-state index contributed by atoms with van der Waals surface area (Å²) in [5.41, 5.74) is -5.49. The lowest BCUT2D eigenvalue weighted by Gasteiger charge is -2.14. The van der Waals surface area contributed by atoms with Crippen LogP contribution in [0.3, 0.4) is 0 Å². The molecule has 0 unspecified atom stereocenters. The first-order valence-corrected chi connectivity index (χ1v) is 4.34. The van der Waals surface area contributed by atoms with Gasteiger partial charge in [0.1, 0.15) is 0 Å². The molecule has 1 aromatic carbocycles. The number of halogens is 6. The number of aldehydes is 2. The van der Waals surface area contributed by atoms with Crippen molar-refractivity contribution in [3.8, 4) is 0 Å². The second kappa shape index (κ2) is 4.43. The molecular weight excluding hydrogens is 266 g/mol. The highest BCUT2D eigenvalue weighted by atomic mass is 19.4. The Bertz CT molecular complexity index is 441. The summed E-state index contributed by atoms with van der Waals surface area (Å²) in [5.74, 6) is 0. The van der Waals surface area contributed by atoms with Crippen LogP contribution in [0, 0.1) is 0 Å². The van der Waals surface area contributed by atoms with Crippen molar-refractivity contribution in [3.63, 3.8) is 0 Å². The van der Waals surface area contributed by atoms with E-state index in [1.165, 1.54) is 0 Å². The number of hydrogen-bond donors (Lipinski definition) is 0. The van der Waals surface area contributed by atoms with Gasteiger partial charge in [-0.2, -0.15) is 26.3 Å². The maximum Gasteiger partial charge on any atom is 0.417 e. The van der Waals surface area contributed by atoms with Crippen molar-refractivity contribution in [2.75, 3.05) is 0 Å². The Hall–Kier alpha value is -1.86. The molecule has 8 heteroatoms. The van der Waals surface area contributed by atoms with Crippen LogP contribution >= 0.6 is 0 Å². The number of alkyl halides is 6. The molecule has 98 valence electrons. The van der Waals surface area contributed by atoms with E-state index in [1.54, 1.807) is 0 Å². The van der Waals surface area contributed by atoms with Gasteiger partial charge in [-0.15, -0.1) is 0 Å². The Morgan fingerprint density at radius 3 is 1.17 bits per heavy atom. The van der Waals surface area contributed by atoms with Crippen LogP contribution in [-0.2, 0) is 12.4 Å². The van der Waals surface area contributed by atoms with Crippen molar-refractivity contribution in [1.82, 2.24) is 0 Å². The lowest BCUT2D eigenvalue weighted by Crippen LogP contribution is -2.15. The summed E-state index contributed by atoms with van der Waals surface area (Å²) in [7, 11) is 0. The molecule has 0 saturated heterocycles. The number of hydrogen-bond acceptors (Lipinski definition) is 2. The van der Waals surface area contributed by atoms with E-state index in [2.05, 4.69) is 0 Å². The minimum Gasteiger partial charge on any atom is -0.298 e. The van der Waals surface area contributed by atoms with Gasteiger partial charge >= 0.3 is 12.4 Å². The van der Waals surface area contributed by atoms with Crippen molar-refractivity contribution < 1.29 is 35.9 Å². The maximum atomic E-state index is 12.4. The standard InChI is InChI=1S/C10H4F6O2/c11-9(12,13)7-1-5(3-17)8(10(14,15)16)2-6(7)4-18/h1-4H. The summed E-state index contributed by atoms with van der Waals surface area (Å²) >= 11 is 0. The van der Waals surface area contributed by atoms with Gasteiger partial charge in [-0.3, -0.25) is 9.59 Å². The van der Waals surface area contributed by atoms with Crippen molar-refractivity contribution in [2.24, 2.45) is 0 Å². The fourth-order valence-electron chi connectivity index (χ4n) is 1.32. The third-order valence-corrected chi connectivity index (χ3v) is 2.09. The van der Waals surface area contributed by atoms with Crippen molar-refractivity contribution in [2.45, 2.75) is 12.4 Å². The summed E-state index contributed by atoms with van der Waals surface area (Å²) < 4.78 is 74.5. The van der Waals surface area contributed by atoms with Crippen LogP contribution in [0.4, 0.5) is 26.3 Å². The molecule has 0 N–H and O–H groups in total. The molecule has 0 fully saturated rings. The van der Waals surface area contributed by atoms with Crippen LogP contribution in [0.2, 0.25) is 0 Å². The third kappa shape index (κ3) is 2.69. The highest BCUT2D eigenvalue weighted by Crippen LogP contribution is 2.37. The van der Waals surface area contributed by atoms with E-state index in [-0.39, 0.29) is 24.7 Å². The van der Waals surface area contributed by atoms with Crippen LogP contribution in [0.5, 0.6) is 0 Å². The van der Waals surface area contributed by atoms with E-state index in [9.17, 15) is 35.9 Å². The Labute approximate surface area is 96.2 Å². The fraction of sp³-hybridized carbons (Fsp3) is 0.200. The van der Waals surface area contributed by atoms with Crippen LogP contribution in [-0.4, -0.2) is 12.6 Å². The molecule has 1 rings (SSSR count). The molecule has 2 nitrogen and oxygen atoms in total. The summed E-state index contributed by atoms with van der Waals surface area (Å²) in [4.78, 5) is 20.8. The molecule has 0 aliphatic rings. The number of rotatable bonds is 2. The molecule has 0 spiro atoms. The number of carbonyl (C=O) groups is 2. The average molecular weight is 270 g/mol. The van der Waals surface area contributed by atoms with Gasteiger partial charge in [-0.25, -0.2) is 0 Å². The van der Waals surface area contributed by atoms with E-state index in [1.807, 2.05) is 0 Å². The lowest BCUT2D eigenvalue weighted by atomic mass is 9.99. The lowest BCUT2D eigenvalue weighted by molar-refractivity contribution is -0.141. The molecular formula is C10H4F6O2. The topological polar surface area (TPSA) is 34.1 Å². The van der Waals surface area contributed by atoms with Crippen molar-refractivity contribution in [3.05, 3.63) is 34.4 Å². The minimum absolute atomic E-state index is 0.0134. The molecule has 18 heavy (non-hydrogen) atoms. The molecule has 0 bridgehead atoms. The molecule has 0 saturated carbocycles. The van der Waals surface area contributed by atoms with Gasteiger partial charge in [-0.05, 0) is 12.1 Å². The predicted molar refractivity (Wildman–Crippen MR) is 47.2 cm³/mol. The highest BCUT2D eigenvalue weighted by molar-refractivity contribution is 5.84. The van der Waals surface area contributed by atoms with E-state index in [4.69, 9.17) is 0 Å². The fourth-order valence-corrected chi connectivity index (χ4v) is 1.32. The summed E-state index contributed by atoms with van der Waals surface area (Å²) in [6.07, 6.45) is -10.7. The van der Waals surface area contributed by atoms with Gasteiger partial charge in [-0.1, -0.05) is 0 Å². The van der Waals surface area contributed by atoms with Gasteiger partial charge in [0, 0.05) is 11.1 Å². The van der Waals surface area contributed by atoms with Crippen LogP contribution in [0.25, 0.3) is 0 Å². The Kier molecular flexibility index (Phi) is 3.50. The Balaban J connectivity index is 3.63. The van der Waals surface area contributed by atoms with Gasteiger partial charge in [0.25, 0.3) is 0 Å². The molecule has 0 amide bonds. The van der Waals surface area contributed by atoms with Crippen LogP contribution < -0.4 is 0 Å². The zero-order chi connectivity index (χ0) is 14.1. The zero-order valence-electron chi connectivity index (χ0n) is 8.39. The van der Waals surface area contributed by atoms with E-state index in [0.29, 0.717) is 0 Å². The van der Waals surface area contributed by atoms with E-state index < -0.39 is 34.6 Å². The molecule has 0 radical (unpaired) electrons. The smallest absolute Gasteiger partial charge is 0.298 e. The first-order chi connectivity index (χ1) is 8.11. The third-order valence-electron chi connectivity index (χ3n) is 2.09. The molecule has 0 aliphatic carbocycles. The highest BCUT2D eigenvalue weighted by Gasteiger charge is 2.39. The second-order valence-electron chi connectivity index (χ2n) is 3.26. The maximum absolute atomic E-state index is 12.4. The zero-order valence-corrected chi connectivity index (χ0v) is 8.39. The predicted octanol–water partition coefficient (Wildman–Crippen LogP) is 3.35. The van der Waals surface area contributed by atoms with Gasteiger partial charge in [0.15, 0.2) is 12.6 Å². The van der Waals surface area contributed by atoms with Crippen molar-refractivity contribution >= 4 is 12.6 Å². The second-order valence-corrected chi connectivity index (χ2v) is 3.26. The number of benzene rings is 1. The summed E-state index contributed by atoms with van der Waals surface area (Å²) in [6.45, 7) is 0. The largest absolute Gasteiger partial charge is 0.417 e. The SMILES string of the molecule is O=Cc1cc(C(F)(F)F)c(C=O)cc1C(F)(F)F. The first-order valence-electron chi connectivity index (χ1n) is 4.34. The first kappa shape index (κ1) is 14.2. The van der Waals surface area contributed by atoms with Gasteiger partial charge in [0.05, 0.1) is 11.1 Å². The summed E-state index contributed by atoms with van der Waals surface area (Å²) in [6, 6.07) is 0.0269. The monoisotopic (exact) mass is 270 g/mol. The normalized spacial score (nSPS) is 12.3. The molecule has 1 aromatic rings. The van der Waals surface area contributed by atoms with Gasteiger partial charge < -0.3 is 0 Å². The van der Waals surface area contributed by atoms with E-state index in [0.717, 1.165) is 0 Å². The van der Waals surface area contributed by atoms with Crippen LogP contribution in [0.15, 0.2) is 12.1 Å². The van der Waals surface area contributed by atoms with Gasteiger partial charge in [0.2, 0.25) is 0 Å². The number of carbonyl (C=O) groups excluding carboxylic acids is 2. The molecule has 0 atom stereocenters. The Morgan fingerprint density at radius 2 is 1.00 bits per heavy atom. The van der Waals surface area contributed by atoms with Crippen LogP contribution in [0.1, 0.15) is 31.8 Å². The van der Waals surface area contributed by atoms with Crippen molar-refractivity contribution in [1.29, 1.82) is 0 Å². The minimum atomic E-state index is -5.02. The average Bonchev–Trinajstić information content (AvgIpc) is 2.24. The Morgan fingerprint density at radius 1 is 0.722 bits per heavy atom. The quantitative estimate of drug-likeness (QED) is 0.610. The summed E-state index contributed by atoms with van der Waals surface area (Å²) in [5, 5.41) is 0. The molecule has 0 heterocycles. The molecule has 0 aliphatic heterocycles. The van der Waals surface area contributed by atoms with E-state index >= 15 is 0 Å².